The van der Waals surface area contributed by atoms with Gasteiger partial charge in [0.1, 0.15) is 0 Å². The minimum Gasteiger partial charge on any atom is -0.353 e. The molecule has 0 saturated heterocycles. The summed E-state index contributed by atoms with van der Waals surface area (Å²) < 4.78 is 0. The van der Waals surface area contributed by atoms with Crippen LogP contribution < -0.4 is 10.7 Å². The molecule has 5 heteroatoms. The minimum absolute atomic E-state index is 0.715. The van der Waals surface area contributed by atoms with Crippen molar-refractivity contribution < 1.29 is 0 Å². The average molecular weight is 239 g/mol. The van der Waals surface area contributed by atoms with Gasteiger partial charge in [-0.3, -0.25) is 0 Å². The van der Waals surface area contributed by atoms with E-state index in [1.165, 1.54) is 0 Å². The summed E-state index contributed by atoms with van der Waals surface area (Å²) in [5, 5.41) is 8.31. The molecule has 2 aromatic rings. The first-order chi connectivity index (χ1) is 8.92. The normalized spacial score (nSPS) is 14.8. The van der Waals surface area contributed by atoms with Gasteiger partial charge in [-0.05, 0) is 12.1 Å². The molecular formula is C13H13N5. The van der Waals surface area contributed by atoms with E-state index in [0.717, 1.165) is 29.7 Å². The number of hydrogen-bond acceptors (Lipinski definition) is 5. The van der Waals surface area contributed by atoms with Crippen molar-refractivity contribution in [1.29, 1.82) is 0 Å². The van der Waals surface area contributed by atoms with Gasteiger partial charge >= 0.3 is 0 Å². The molecule has 0 unspecified atom stereocenters. The molecule has 0 fully saturated rings. The maximum atomic E-state index is 4.49. The van der Waals surface area contributed by atoms with Crippen LogP contribution in [0.4, 0.5) is 0 Å². The third-order valence-electron chi connectivity index (χ3n) is 2.66. The number of para-hydroxylation sites is 1. The predicted molar refractivity (Wildman–Crippen MR) is 72.8 cm³/mol. The van der Waals surface area contributed by atoms with Crippen molar-refractivity contribution in [2.75, 3.05) is 13.1 Å². The van der Waals surface area contributed by atoms with Gasteiger partial charge in [0.2, 0.25) is 5.96 Å². The number of nitrogens with one attached hydrogen (secondary N) is 2. The minimum atomic E-state index is 0.715. The molecule has 0 atom stereocenters. The lowest BCUT2D eigenvalue weighted by Gasteiger charge is -2.00. The van der Waals surface area contributed by atoms with E-state index >= 15 is 0 Å². The zero-order chi connectivity index (χ0) is 12.2. The van der Waals surface area contributed by atoms with E-state index in [-0.39, 0.29) is 0 Å². The SMILES string of the molecule is C(=N/NC1=NCCN1)/c1ccc2ccccc2n1. The Morgan fingerprint density at radius 2 is 2.17 bits per heavy atom. The Labute approximate surface area is 105 Å². The highest BCUT2D eigenvalue weighted by molar-refractivity contribution is 5.86. The Bertz CT molecular complexity index is 618. The van der Waals surface area contributed by atoms with Crippen molar-refractivity contribution in [3.05, 3.63) is 42.1 Å². The van der Waals surface area contributed by atoms with Gasteiger partial charge in [-0.15, -0.1) is 0 Å². The molecule has 90 valence electrons. The Morgan fingerprint density at radius 1 is 1.22 bits per heavy atom. The molecule has 1 aromatic carbocycles. The number of guanidine groups is 1. The summed E-state index contributed by atoms with van der Waals surface area (Å²) in [6.07, 6.45) is 1.69. The van der Waals surface area contributed by atoms with Crippen LogP contribution in [0.15, 0.2) is 46.5 Å². The van der Waals surface area contributed by atoms with Crippen LogP contribution in [-0.2, 0) is 0 Å². The van der Waals surface area contributed by atoms with E-state index in [2.05, 4.69) is 25.8 Å². The smallest absolute Gasteiger partial charge is 0.212 e. The van der Waals surface area contributed by atoms with Gasteiger partial charge in [0.15, 0.2) is 0 Å². The molecule has 18 heavy (non-hydrogen) atoms. The molecule has 1 aliphatic heterocycles. The average Bonchev–Trinajstić information content (AvgIpc) is 2.92. The van der Waals surface area contributed by atoms with Crippen molar-refractivity contribution >= 4 is 23.1 Å². The largest absolute Gasteiger partial charge is 0.353 e. The van der Waals surface area contributed by atoms with Crippen LogP contribution in [0.5, 0.6) is 0 Å². The third kappa shape index (κ3) is 2.29. The molecular weight excluding hydrogens is 226 g/mol. The number of aliphatic imine (C=N–C) groups is 1. The first-order valence-electron chi connectivity index (χ1n) is 5.85. The van der Waals surface area contributed by atoms with E-state index in [9.17, 15) is 0 Å². The molecule has 1 aliphatic rings. The lowest BCUT2D eigenvalue weighted by atomic mass is 10.2. The number of pyridine rings is 1. The van der Waals surface area contributed by atoms with Crippen LogP contribution in [0.3, 0.4) is 0 Å². The van der Waals surface area contributed by atoms with E-state index in [1.807, 2.05) is 36.4 Å². The van der Waals surface area contributed by atoms with Gasteiger partial charge in [-0.2, -0.15) is 5.10 Å². The summed E-state index contributed by atoms with van der Waals surface area (Å²) >= 11 is 0. The highest BCUT2D eigenvalue weighted by Crippen LogP contribution is 2.10. The monoisotopic (exact) mass is 239 g/mol. The van der Waals surface area contributed by atoms with Gasteiger partial charge in [-0.25, -0.2) is 15.4 Å². The fraction of sp³-hybridized carbons (Fsp3) is 0.154. The summed E-state index contributed by atoms with van der Waals surface area (Å²) in [6.45, 7) is 1.66. The lowest BCUT2D eigenvalue weighted by molar-refractivity contribution is 0.919. The van der Waals surface area contributed by atoms with Gasteiger partial charge < -0.3 is 5.32 Å². The summed E-state index contributed by atoms with van der Waals surface area (Å²) in [7, 11) is 0. The highest BCUT2D eigenvalue weighted by Gasteiger charge is 2.01. The van der Waals surface area contributed by atoms with Crippen molar-refractivity contribution in [3.8, 4) is 0 Å². The summed E-state index contributed by atoms with van der Waals surface area (Å²) in [6, 6.07) is 12.0. The molecule has 0 bridgehead atoms. The fourth-order valence-corrected chi connectivity index (χ4v) is 1.79. The predicted octanol–water partition coefficient (Wildman–Crippen LogP) is 1.12. The van der Waals surface area contributed by atoms with Gasteiger partial charge in [0, 0.05) is 11.9 Å². The Kier molecular flexibility index (Phi) is 2.87. The Hall–Kier alpha value is -2.43. The topological polar surface area (TPSA) is 61.7 Å². The van der Waals surface area contributed by atoms with E-state index in [1.54, 1.807) is 6.21 Å². The van der Waals surface area contributed by atoms with E-state index in [4.69, 9.17) is 0 Å². The van der Waals surface area contributed by atoms with Crippen molar-refractivity contribution in [2.45, 2.75) is 0 Å². The summed E-state index contributed by atoms with van der Waals surface area (Å²) in [5.41, 5.74) is 4.64. The molecule has 5 nitrogen and oxygen atoms in total. The van der Waals surface area contributed by atoms with Crippen molar-refractivity contribution in [1.82, 2.24) is 15.7 Å². The molecule has 2 N–H and O–H groups in total. The maximum absolute atomic E-state index is 4.49. The third-order valence-corrected chi connectivity index (χ3v) is 2.66. The van der Waals surface area contributed by atoms with E-state index in [0.29, 0.717) is 5.96 Å². The van der Waals surface area contributed by atoms with E-state index < -0.39 is 0 Å². The standard InChI is InChI=1S/C13H13N5/c1-2-4-12-10(3-1)5-6-11(17-12)9-16-18-13-14-7-8-15-13/h1-6,9H,7-8H2,(H2,14,15,18)/b16-9-. The van der Waals surface area contributed by atoms with Crippen LogP contribution in [0, 0.1) is 0 Å². The zero-order valence-corrected chi connectivity index (χ0v) is 9.80. The number of nitrogens with zero attached hydrogens (tertiary/aromatic N) is 3. The van der Waals surface area contributed by atoms with Crippen LogP contribution >= 0.6 is 0 Å². The van der Waals surface area contributed by atoms with Gasteiger partial charge in [-0.1, -0.05) is 24.3 Å². The number of benzene rings is 1. The Balaban J connectivity index is 1.75. The first kappa shape index (κ1) is 10.7. The van der Waals surface area contributed by atoms with Crippen LogP contribution in [0.1, 0.15) is 5.69 Å². The number of hydrazone groups is 1. The maximum Gasteiger partial charge on any atom is 0.212 e. The van der Waals surface area contributed by atoms with Gasteiger partial charge in [0.05, 0.1) is 24.0 Å². The molecule has 0 saturated carbocycles. The molecule has 0 amide bonds. The Morgan fingerprint density at radius 3 is 3.06 bits per heavy atom. The zero-order valence-electron chi connectivity index (χ0n) is 9.80. The number of aromatic nitrogens is 1. The van der Waals surface area contributed by atoms with Crippen LogP contribution in [0.2, 0.25) is 0 Å². The fourth-order valence-electron chi connectivity index (χ4n) is 1.79. The van der Waals surface area contributed by atoms with Crippen LogP contribution in [0.25, 0.3) is 10.9 Å². The molecule has 2 heterocycles. The molecule has 1 aromatic heterocycles. The summed E-state index contributed by atoms with van der Waals surface area (Å²) in [5.74, 6) is 0.715. The number of rotatable bonds is 2. The number of hydrogen-bond donors (Lipinski definition) is 2. The molecule has 3 rings (SSSR count). The van der Waals surface area contributed by atoms with Gasteiger partial charge in [0.25, 0.3) is 0 Å². The number of fused-ring (bicyclic) bond motifs is 1. The molecule has 0 radical (unpaired) electrons. The quantitative estimate of drug-likeness (QED) is 0.609. The van der Waals surface area contributed by atoms with Crippen molar-refractivity contribution in [3.63, 3.8) is 0 Å². The van der Waals surface area contributed by atoms with Crippen LogP contribution in [-0.4, -0.2) is 30.2 Å². The second kappa shape index (κ2) is 4.83. The lowest BCUT2D eigenvalue weighted by Crippen LogP contribution is -2.30. The second-order valence-corrected chi connectivity index (χ2v) is 3.96. The highest BCUT2D eigenvalue weighted by atomic mass is 15.4. The molecule has 0 aliphatic carbocycles. The van der Waals surface area contributed by atoms with Crippen molar-refractivity contribution in [2.24, 2.45) is 10.1 Å². The first-order valence-corrected chi connectivity index (χ1v) is 5.85. The summed E-state index contributed by atoms with van der Waals surface area (Å²) in [4.78, 5) is 8.67. The molecule has 0 spiro atoms. The second-order valence-electron chi connectivity index (χ2n) is 3.96.